The number of fused-ring (bicyclic) bond motifs is 5. The number of pyridine rings is 3. The number of halogens is 2. The number of hydrogen-bond acceptors (Lipinski definition) is 8. The van der Waals surface area contributed by atoms with Crippen molar-refractivity contribution < 1.29 is 18.7 Å². The smallest absolute Gasteiger partial charge is 0.341 e. The molecule has 2 aliphatic heterocycles. The highest BCUT2D eigenvalue weighted by Gasteiger charge is 2.43. The number of aromatic nitrogens is 3. The first kappa shape index (κ1) is 26.3. The zero-order valence-electron chi connectivity index (χ0n) is 23.3. The van der Waals surface area contributed by atoms with E-state index >= 15 is 4.39 Å². The number of hydrogen-bond donors (Lipinski definition) is 3. The van der Waals surface area contributed by atoms with E-state index in [1.807, 2.05) is 0 Å². The van der Waals surface area contributed by atoms with Crippen molar-refractivity contribution in [3.8, 4) is 22.3 Å². The molecule has 0 radical (unpaired) electrons. The lowest BCUT2D eigenvalue weighted by molar-refractivity contribution is 0.0695. The van der Waals surface area contributed by atoms with Gasteiger partial charge in [-0.2, -0.15) is 0 Å². The van der Waals surface area contributed by atoms with Crippen molar-refractivity contribution in [3.63, 3.8) is 0 Å². The highest BCUT2D eigenvalue weighted by molar-refractivity contribution is 5.99. The lowest BCUT2D eigenvalue weighted by Gasteiger charge is -2.31. The number of nitrogens with one attached hydrogen (secondary N) is 2. The van der Waals surface area contributed by atoms with Crippen LogP contribution in [-0.4, -0.2) is 77.4 Å². The Bertz CT molecular complexity index is 1870. The van der Waals surface area contributed by atoms with Crippen LogP contribution in [0, 0.1) is 17.6 Å². The number of carboxylic acids is 1. The monoisotopic (exact) mass is 573 g/mol. The quantitative estimate of drug-likeness (QED) is 0.291. The van der Waals surface area contributed by atoms with Crippen LogP contribution in [0.3, 0.4) is 0 Å². The predicted molar refractivity (Wildman–Crippen MR) is 156 cm³/mol. The lowest BCUT2D eigenvalue weighted by atomic mass is 9.96. The highest BCUT2D eigenvalue weighted by atomic mass is 19.2. The van der Waals surface area contributed by atoms with Crippen LogP contribution in [0.2, 0.25) is 0 Å². The molecule has 3 aliphatic rings. The summed E-state index contributed by atoms with van der Waals surface area (Å²) < 4.78 is 32.1. The number of carbonyl (C=O) groups is 1. The minimum Gasteiger partial charge on any atom is -0.477 e. The Morgan fingerprint density at radius 3 is 2.67 bits per heavy atom. The van der Waals surface area contributed by atoms with Gasteiger partial charge >= 0.3 is 5.97 Å². The SMILES string of the molecule is CNc1cc(F)c(F)c2c1Cc1ncc(-c3cnc4c(c3)c(=O)c(C(=O)O)cn4NC)c(N3CC[C@@H]4CN(C)C[C@@H]43)c1-2. The summed E-state index contributed by atoms with van der Waals surface area (Å²) >= 11 is 0. The van der Waals surface area contributed by atoms with Gasteiger partial charge in [0.1, 0.15) is 5.56 Å². The minimum atomic E-state index is -1.35. The number of likely N-dealkylation sites (tertiary alicyclic amines) is 1. The molecule has 1 aliphatic carbocycles. The fourth-order valence-corrected chi connectivity index (χ4v) is 7.07. The highest BCUT2D eigenvalue weighted by Crippen LogP contribution is 2.52. The molecule has 1 aromatic carbocycles. The minimum absolute atomic E-state index is 0.114. The molecule has 42 heavy (non-hydrogen) atoms. The average Bonchev–Trinajstić information content (AvgIpc) is 3.66. The van der Waals surface area contributed by atoms with Crippen molar-refractivity contribution in [2.75, 3.05) is 56.4 Å². The van der Waals surface area contributed by atoms with Gasteiger partial charge < -0.3 is 25.6 Å². The molecule has 7 rings (SSSR count). The summed E-state index contributed by atoms with van der Waals surface area (Å²) in [6, 6.07) is 2.96. The Balaban J connectivity index is 1.52. The number of aromatic carboxylic acids is 1. The molecule has 3 N–H and O–H groups in total. The fourth-order valence-electron chi connectivity index (χ4n) is 7.07. The molecule has 2 saturated heterocycles. The molecule has 2 atom stereocenters. The number of likely N-dealkylation sites (N-methyl/N-ethyl adjacent to an activating group) is 1. The first-order valence-corrected chi connectivity index (χ1v) is 13.8. The maximum Gasteiger partial charge on any atom is 0.341 e. The molecule has 0 bridgehead atoms. The molecule has 2 fully saturated rings. The van der Waals surface area contributed by atoms with Crippen LogP contribution < -0.4 is 21.1 Å². The van der Waals surface area contributed by atoms with Gasteiger partial charge in [-0.1, -0.05) is 0 Å². The Hall–Kier alpha value is -4.58. The van der Waals surface area contributed by atoms with E-state index in [4.69, 9.17) is 4.98 Å². The van der Waals surface area contributed by atoms with E-state index in [0.717, 1.165) is 31.7 Å². The van der Waals surface area contributed by atoms with E-state index in [9.17, 15) is 19.1 Å². The van der Waals surface area contributed by atoms with Crippen LogP contribution in [0.1, 0.15) is 28.0 Å². The van der Waals surface area contributed by atoms with Gasteiger partial charge in [-0.3, -0.25) is 9.78 Å². The Morgan fingerprint density at radius 1 is 1.12 bits per heavy atom. The Kier molecular flexibility index (Phi) is 5.94. The van der Waals surface area contributed by atoms with E-state index < -0.39 is 28.6 Å². The second kappa shape index (κ2) is 9.48. The van der Waals surface area contributed by atoms with E-state index in [-0.39, 0.29) is 22.6 Å². The van der Waals surface area contributed by atoms with Gasteiger partial charge in [0.25, 0.3) is 0 Å². The summed E-state index contributed by atoms with van der Waals surface area (Å²) in [5.74, 6) is -2.78. The summed E-state index contributed by atoms with van der Waals surface area (Å²) in [5.41, 5.74) is 6.51. The van der Waals surface area contributed by atoms with Crippen molar-refractivity contribution in [1.29, 1.82) is 0 Å². The van der Waals surface area contributed by atoms with Gasteiger partial charge in [0, 0.05) is 98.8 Å². The van der Waals surface area contributed by atoms with Crippen LogP contribution in [0.5, 0.6) is 0 Å². The van der Waals surface area contributed by atoms with Crippen LogP contribution in [-0.2, 0) is 6.42 Å². The normalized spacial score (nSPS) is 19.2. The maximum absolute atomic E-state index is 15.7. The molecule has 4 aromatic rings. The number of rotatable bonds is 5. The molecule has 12 heteroatoms. The first-order valence-electron chi connectivity index (χ1n) is 13.8. The predicted octanol–water partition coefficient (Wildman–Crippen LogP) is 3.36. The molecule has 216 valence electrons. The molecule has 0 unspecified atom stereocenters. The molecule has 10 nitrogen and oxygen atoms in total. The van der Waals surface area contributed by atoms with Crippen LogP contribution in [0.4, 0.5) is 20.2 Å². The Morgan fingerprint density at radius 2 is 1.93 bits per heavy atom. The standard InChI is InChI=1S/C30H29F2N7O3/c1-33-21-8-20(31)26(32)24-16(21)7-22-25(24)27(38-5-4-14-11-37(3)13-23(14)38)18(10-35-22)15-6-17-28(40)19(30(41)42)12-39(34-2)29(17)36-9-15/h6,8-10,12,14,23,33-34H,4-5,7,11,13H2,1-3H3,(H,41,42)/t14-,23+/m1/s1. The lowest BCUT2D eigenvalue weighted by Crippen LogP contribution is -2.35. The molecule has 0 spiro atoms. The van der Waals surface area contributed by atoms with Gasteiger partial charge in [-0.25, -0.2) is 23.2 Å². The molecule has 5 heterocycles. The van der Waals surface area contributed by atoms with Crippen molar-refractivity contribution in [2.45, 2.75) is 18.9 Å². The van der Waals surface area contributed by atoms with Crippen molar-refractivity contribution in [1.82, 2.24) is 19.5 Å². The van der Waals surface area contributed by atoms with E-state index in [0.29, 0.717) is 46.0 Å². The summed E-state index contributed by atoms with van der Waals surface area (Å²) in [4.78, 5) is 39.0. The average molecular weight is 574 g/mol. The van der Waals surface area contributed by atoms with Gasteiger partial charge in [0.2, 0.25) is 5.43 Å². The van der Waals surface area contributed by atoms with Crippen molar-refractivity contribution in [3.05, 3.63) is 69.4 Å². The third kappa shape index (κ3) is 3.71. The number of benzene rings is 1. The summed E-state index contributed by atoms with van der Waals surface area (Å²) in [6.07, 6.45) is 5.82. The molecular formula is C30H29F2N7O3. The summed E-state index contributed by atoms with van der Waals surface area (Å²) in [7, 11) is 5.36. The molecular weight excluding hydrogens is 544 g/mol. The van der Waals surface area contributed by atoms with Crippen molar-refractivity contribution >= 4 is 28.4 Å². The fraction of sp³-hybridized carbons (Fsp3) is 0.333. The van der Waals surface area contributed by atoms with Crippen LogP contribution in [0.15, 0.2) is 35.5 Å². The molecule has 0 amide bonds. The first-order chi connectivity index (χ1) is 20.2. The summed E-state index contributed by atoms with van der Waals surface area (Å²) in [5, 5.41) is 12.8. The topological polar surface area (TPSA) is 116 Å². The number of nitrogens with zero attached hydrogens (tertiary/aromatic N) is 5. The zero-order chi connectivity index (χ0) is 29.4. The van der Waals surface area contributed by atoms with Gasteiger partial charge in [0.15, 0.2) is 17.3 Å². The van der Waals surface area contributed by atoms with Crippen LogP contribution >= 0.6 is 0 Å². The van der Waals surface area contributed by atoms with Crippen molar-refractivity contribution in [2.24, 2.45) is 5.92 Å². The summed E-state index contributed by atoms with van der Waals surface area (Å²) in [6.45, 7) is 2.51. The van der Waals surface area contributed by atoms with Gasteiger partial charge in [-0.05, 0) is 31.0 Å². The Labute approximate surface area is 239 Å². The third-order valence-corrected chi connectivity index (χ3v) is 8.96. The zero-order valence-corrected chi connectivity index (χ0v) is 23.3. The number of carboxylic acid groups (broad SMARTS) is 1. The van der Waals surface area contributed by atoms with E-state index in [1.54, 1.807) is 32.6 Å². The second-order valence-corrected chi connectivity index (χ2v) is 11.2. The maximum atomic E-state index is 15.7. The largest absolute Gasteiger partial charge is 0.477 e. The van der Waals surface area contributed by atoms with E-state index in [1.165, 1.54) is 16.9 Å². The van der Waals surface area contributed by atoms with Gasteiger partial charge in [-0.15, -0.1) is 0 Å². The molecule has 0 saturated carbocycles. The third-order valence-electron chi connectivity index (χ3n) is 8.96. The van der Waals surface area contributed by atoms with Crippen LogP contribution in [0.25, 0.3) is 33.3 Å². The number of anilines is 2. The van der Waals surface area contributed by atoms with E-state index in [2.05, 4.69) is 32.6 Å². The second-order valence-electron chi connectivity index (χ2n) is 11.2. The molecule has 3 aromatic heterocycles. The van der Waals surface area contributed by atoms with Gasteiger partial charge in [0.05, 0.1) is 16.8 Å².